The standard InChI is InChI=1S/C64H57N3O/c1-41(2)33-44-25-30-60(57(34-44)49-21-14-9-15-22-49)67-61-24-16-23-55(62(61)66-64(67)58-39-51(42(3)4)38-56(43(5)6)63(58)68)53-35-52(46-19-12-8-13-20-46)36-54(37-53)59-40-50(31-32-65-59)48-28-26-47(27-29-48)45-17-10-7-11-18-45/h7-32,34-43,68H,33H2,1-6H3. The predicted molar refractivity (Wildman–Crippen MR) is 285 cm³/mol. The molecule has 68 heavy (non-hydrogen) atoms. The molecule has 8 aromatic carbocycles. The molecular weight excluding hydrogens is 827 g/mol. The lowest BCUT2D eigenvalue weighted by atomic mass is 9.91. The topological polar surface area (TPSA) is 50.9 Å². The van der Waals surface area contributed by atoms with Gasteiger partial charge in [-0.25, -0.2) is 4.98 Å². The number of imidazole rings is 1. The Hall–Kier alpha value is -7.82. The first-order valence-electron chi connectivity index (χ1n) is 24.0. The second-order valence-corrected chi connectivity index (χ2v) is 19.1. The fourth-order valence-corrected chi connectivity index (χ4v) is 9.59. The summed E-state index contributed by atoms with van der Waals surface area (Å²) in [6, 6.07) is 69.3. The number of phenols is 1. The summed E-state index contributed by atoms with van der Waals surface area (Å²) in [6.45, 7) is 13.3. The lowest BCUT2D eigenvalue weighted by Gasteiger charge is -2.20. The Labute approximate surface area is 401 Å². The van der Waals surface area contributed by atoms with Crippen LogP contribution in [-0.2, 0) is 6.42 Å². The van der Waals surface area contributed by atoms with Crippen LogP contribution >= 0.6 is 0 Å². The summed E-state index contributed by atoms with van der Waals surface area (Å²) in [5, 5.41) is 12.4. The van der Waals surface area contributed by atoms with Gasteiger partial charge in [0.25, 0.3) is 0 Å². The van der Waals surface area contributed by atoms with Gasteiger partial charge in [0.2, 0.25) is 0 Å². The monoisotopic (exact) mass is 883 g/mol. The highest BCUT2D eigenvalue weighted by Gasteiger charge is 2.25. The van der Waals surface area contributed by atoms with Gasteiger partial charge in [0.1, 0.15) is 11.6 Å². The van der Waals surface area contributed by atoms with Crippen LogP contribution in [0.1, 0.15) is 70.1 Å². The largest absolute Gasteiger partial charge is 0.507 e. The number of hydrogen-bond donors (Lipinski definition) is 1. The maximum Gasteiger partial charge on any atom is 0.149 e. The van der Waals surface area contributed by atoms with Gasteiger partial charge in [-0.3, -0.25) is 9.55 Å². The number of hydrogen-bond acceptors (Lipinski definition) is 3. The van der Waals surface area contributed by atoms with Gasteiger partial charge < -0.3 is 5.11 Å². The number of fused-ring (bicyclic) bond motifs is 1. The van der Waals surface area contributed by atoms with Crippen molar-refractivity contribution in [2.45, 2.75) is 59.8 Å². The molecule has 10 rings (SSSR count). The van der Waals surface area contributed by atoms with E-state index >= 15 is 0 Å². The van der Waals surface area contributed by atoms with Gasteiger partial charge in [0, 0.05) is 22.9 Å². The molecule has 0 saturated heterocycles. The average Bonchev–Trinajstić information content (AvgIpc) is 3.76. The SMILES string of the molecule is CC(C)Cc1ccc(-n2c(-c3cc(C(C)C)cc(C(C)C)c3O)nc3c(-c4cc(-c5ccccc5)cc(-c5cc(-c6ccc(-c7ccccc7)cc6)ccn5)c4)cccc32)c(-c2ccccc2)c1. The van der Waals surface area contributed by atoms with Gasteiger partial charge in [-0.1, -0.05) is 181 Å². The molecule has 0 saturated carbocycles. The number of aromatic nitrogens is 3. The molecule has 0 spiro atoms. The van der Waals surface area contributed by atoms with Crippen LogP contribution < -0.4 is 0 Å². The zero-order valence-corrected chi connectivity index (χ0v) is 39.8. The number of benzene rings is 8. The summed E-state index contributed by atoms with van der Waals surface area (Å²) in [6.07, 6.45) is 2.88. The number of pyridine rings is 1. The molecule has 0 unspecified atom stereocenters. The molecule has 0 bridgehead atoms. The van der Waals surface area contributed by atoms with E-state index in [9.17, 15) is 5.11 Å². The summed E-state index contributed by atoms with van der Waals surface area (Å²) in [5.41, 5.74) is 19.9. The highest BCUT2D eigenvalue weighted by molar-refractivity contribution is 5.98. The van der Waals surface area contributed by atoms with Gasteiger partial charge in [-0.15, -0.1) is 0 Å². The highest BCUT2D eigenvalue weighted by atomic mass is 16.3. The van der Waals surface area contributed by atoms with Crippen LogP contribution in [-0.4, -0.2) is 19.6 Å². The third-order valence-electron chi connectivity index (χ3n) is 13.1. The molecular formula is C64H57N3O. The first-order valence-corrected chi connectivity index (χ1v) is 24.0. The van der Waals surface area contributed by atoms with E-state index < -0.39 is 0 Å². The maximum atomic E-state index is 12.4. The Morgan fingerprint density at radius 3 is 1.71 bits per heavy atom. The van der Waals surface area contributed by atoms with Crippen molar-refractivity contribution in [2.75, 3.05) is 0 Å². The lowest BCUT2D eigenvalue weighted by Crippen LogP contribution is -2.04. The fraction of sp³-hybridized carbons (Fsp3) is 0.156. The van der Waals surface area contributed by atoms with Crippen LogP contribution in [0.15, 0.2) is 200 Å². The van der Waals surface area contributed by atoms with Crippen LogP contribution in [0.4, 0.5) is 0 Å². The number of rotatable bonds is 12. The van der Waals surface area contributed by atoms with Gasteiger partial charge in [0.05, 0.1) is 28.0 Å². The van der Waals surface area contributed by atoms with Gasteiger partial charge in [-0.2, -0.15) is 0 Å². The molecule has 0 atom stereocenters. The van der Waals surface area contributed by atoms with Crippen molar-refractivity contribution in [3.8, 4) is 89.7 Å². The zero-order chi connectivity index (χ0) is 46.9. The van der Waals surface area contributed by atoms with Crippen molar-refractivity contribution in [3.63, 3.8) is 0 Å². The summed E-state index contributed by atoms with van der Waals surface area (Å²) < 4.78 is 2.29. The molecule has 10 aromatic rings. The van der Waals surface area contributed by atoms with Crippen molar-refractivity contribution in [1.29, 1.82) is 0 Å². The molecule has 0 fully saturated rings. The first kappa shape index (κ1) is 44.0. The lowest BCUT2D eigenvalue weighted by molar-refractivity contribution is 0.466. The second kappa shape index (κ2) is 18.8. The molecule has 4 nitrogen and oxygen atoms in total. The number of para-hydroxylation sites is 1. The highest BCUT2D eigenvalue weighted by Crippen LogP contribution is 2.44. The minimum Gasteiger partial charge on any atom is -0.507 e. The summed E-state index contributed by atoms with van der Waals surface area (Å²) in [4.78, 5) is 10.7. The normalized spacial score (nSPS) is 11.6. The molecule has 4 heteroatoms. The number of aromatic hydroxyl groups is 1. The minimum atomic E-state index is 0.107. The molecule has 0 amide bonds. The zero-order valence-electron chi connectivity index (χ0n) is 39.8. The quantitative estimate of drug-likeness (QED) is 0.133. The van der Waals surface area contributed by atoms with Crippen molar-refractivity contribution in [1.82, 2.24) is 14.5 Å². The van der Waals surface area contributed by atoms with Crippen LogP contribution in [0.25, 0.3) is 95.0 Å². The Morgan fingerprint density at radius 2 is 1.06 bits per heavy atom. The van der Waals surface area contributed by atoms with Gasteiger partial charge in [0.15, 0.2) is 0 Å². The van der Waals surface area contributed by atoms with Gasteiger partial charge >= 0.3 is 0 Å². The summed E-state index contributed by atoms with van der Waals surface area (Å²) in [7, 11) is 0. The van der Waals surface area contributed by atoms with E-state index in [2.05, 4.69) is 240 Å². The van der Waals surface area contributed by atoms with Crippen molar-refractivity contribution in [2.24, 2.45) is 5.92 Å². The third kappa shape index (κ3) is 8.78. The number of phenolic OH excluding ortho intramolecular Hbond substituents is 1. The molecule has 2 heterocycles. The molecule has 0 radical (unpaired) electrons. The van der Waals surface area contributed by atoms with E-state index in [-0.39, 0.29) is 17.6 Å². The molecule has 2 aromatic heterocycles. The Kier molecular flexibility index (Phi) is 12.2. The maximum absolute atomic E-state index is 12.4. The van der Waals surface area contributed by atoms with Crippen LogP contribution in [0.5, 0.6) is 5.75 Å². The van der Waals surface area contributed by atoms with Crippen LogP contribution in [0.3, 0.4) is 0 Å². The summed E-state index contributed by atoms with van der Waals surface area (Å²) >= 11 is 0. The van der Waals surface area contributed by atoms with E-state index in [0.717, 1.165) is 95.6 Å². The van der Waals surface area contributed by atoms with Crippen molar-refractivity contribution in [3.05, 3.63) is 217 Å². The van der Waals surface area contributed by atoms with Gasteiger partial charge in [-0.05, 0) is 140 Å². The molecule has 334 valence electrons. The van der Waals surface area contributed by atoms with Crippen LogP contribution in [0, 0.1) is 5.92 Å². The van der Waals surface area contributed by atoms with E-state index in [1.54, 1.807) is 0 Å². The average molecular weight is 884 g/mol. The predicted octanol–water partition coefficient (Wildman–Crippen LogP) is 17.2. The third-order valence-corrected chi connectivity index (χ3v) is 13.1. The minimum absolute atomic E-state index is 0.107. The smallest absolute Gasteiger partial charge is 0.149 e. The van der Waals surface area contributed by atoms with E-state index in [1.165, 1.54) is 16.7 Å². The van der Waals surface area contributed by atoms with Crippen molar-refractivity contribution >= 4 is 11.0 Å². The molecule has 0 aliphatic rings. The van der Waals surface area contributed by atoms with Crippen molar-refractivity contribution < 1.29 is 5.11 Å². The van der Waals surface area contributed by atoms with Crippen LogP contribution in [0.2, 0.25) is 0 Å². The summed E-state index contributed by atoms with van der Waals surface area (Å²) in [5.74, 6) is 1.83. The Bertz CT molecular complexity index is 3380. The first-order chi connectivity index (χ1) is 33.1. The Morgan fingerprint density at radius 1 is 0.456 bits per heavy atom. The Balaban J connectivity index is 1.20. The fourth-order valence-electron chi connectivity index (χ4n) is 9.59. The molecule has 0 aliphatic carbocycles. The molecule has 0 aliphatic heterocycles. The van der Waals surface area contributed by atoms with E-state index in [1.807, 2.05) is 6.20 Å². The molecule has 1 N–H and O–H groups in total. The van der Waals surface area contributed by atoms with E-state index in [4.69, 9.17) is 9.97 Å². The second-order valence-electron chi connectivity index (χ2n) is 19.1. The number of nitrogens with zero attached hydrogens (tertiary/aromatic N) is 3. The van der Waals surface area contributed by atoms with E-state index in [0.29, 0.717) is 11.7 Å².